The van der Waals surface area contributed by atoms with Gasteiger partial charge in [0.15, 0.2) is 11.5 Å². The van der Waals surface area contributed by atoms with E-state index in [0.717, 1.165) is 25.7 Å². The number of carbonyl (C=O) groups excluding carboxylic acids is 1. The zero-order chi connectivity index (χ0) is 20.2. The molecule has 0 heterocycles. The fourth-order valence-electron chi connectivity index (χ4n) is 2.65. The van der Waals surface area contributed by atoms with Crippen LogP contribution in [0.1, 0.15) is 45.1 Å². The van der Waals surface area contributed by atoms with E-state index in [4.69, 9.17) is 25.5 Å². The minimum absolute atomic E-state index is 0.0883. The van der Waals surface area contributed by atoms with Gasteiger partial charge in [-0.05, 0) is 36.1 Å². The molecule has 0 aliphatic carbocycles. The summed E-state index contributed by atoms with van der Waals surface area (Å²) in [6, 6.07) is 3.35. The van der Waals surface area contributed by atoms with Crippen LogP contribution < -0.4 is 14.2 Å². The van der Waals surface area contributed by atoms with Crippen molar-refractivity contribution in [2.75, 3.05) is 27.9 Å². The van der Waals surface area contributed by atoms with Crippen LogP contribution in [0.3, 0.4) is 0 Å². The Balaban J connectivity index is 2.99. The molecule has 0 aliphatic heterocycles. The molecular formula is C21H29NO5. The Morgan fingerprint density at radius 1 is 1.15 bits per heavy atom. The molecule has 0 saturated heterocycles. The molecule has 0 N–H and O–H groups in total. The van der Waals surface area contributed by atoms with Crippen LogP contribution in [-0.4, -0.2) is 33.9 Å². The van der Waals surface area contributed by atoms with E-state index in [1.54, 1.807) is 12.1 Å². The average Bonchev–Trinajstić information content (AvgIpc) is 2.70. The fourth-order valence-corrected chi connectivity index (χ4v) is 2.65. The van der Waals surface area contributed by atoms with Gasteiger partial charge < -0.3 is 18.9 Å². The van der Waals surface area contributed by atoms with Crippen LogP contribution in [0.2, 0.25) is 0 Å². The maximum atomic E-state index is 12.3. The molecule has 148 valence electrons. The van der Waals surface area contributed by atoms with Gasteiger partial charge in [0.05, 0.1) is 34.5 Å². The standard InChI is InChI=1S/C21H29NO5/c1-7-9-10-15(8-2)14-27-21(23)17(22-3)11-16-12-18(24-4)20(26-6)19(13-16)25-5/h11-13,15H,7-10,14H2,1-2,4-6H3/b17-11-. The first-order valence-electron chi connectivity index (χ1n) is 9.10. The van der Waals surface area contributed by atoms with Crippen molar-refractivity contribution in [2.45, 2.75) is 39.5 Å². The van der Waals surface area contributed by atoms with Gasteiger partial charge in [-0.25, -0.2) is 4.85 Å². The molecule has 0 spiro atoms. The number of benzene rings is 1. The minimum atomic E-state index is -0.617. The Kier molecular flexibility index (Phi) is 9.81. The number of hydrogen-bond acceptors (Lipinski definition) is 5. The first-order valence-corrected chi connectivity index (χ1v) is 9.10. The van der Waals surface area contributed by atoms with E-state index in [0.29, 0.717) is 35.3 Å². The van der Waals surface area contributed by atoms with Crippen LogP contribution in [0.5, 0.6) is 17.2 Å². The highest BCUT2D eigenvalue weighted by Gasteiger charge is 2.17. The summed E-state index contributed by atoms with van der Waals surface area (Å²) in [5.41, 5.74) is 0.500. The molecule has 1 rings (SSSR count). The second-order valence-electron chi connectivity index (χ2n) is 6.12. The van der Waals surface area contributed by atoms with E-state index >= 15 is 0 Å². The Hall–Kier alpha value is -2.68. The van der Waals surface area contributed by atoms with E-state index in [2.05, 4.69) is 18.7 Å². The molecule has 1 aromatic carbocycles. The zero-order valence-electron chi connectivity index (χ0n) is 16.8. The molecule has 6 nitrogen and oxygen atoms in total. The second kappa shape index (κ2) is 11.8. The van der Waals surface area contributed by atoms with E-state index in [1.165, 1.54) is 27.4 Å². The Morgan fingerprint density at radius 2 is 1.78 bits per heavy atom. The number of unbranched alkanes of at least 4 members (excludes halogenated alkanes) is 1. The number of carbonyl (C=O) groups is 1. The van der Waals surface area contributed by atoms with E-state index in [1.807, 2.05) is 0 Å². The maximum absolute atomic E-state index is 12.3. The monoisotopic (exact) mass is 375 g/mol. The molecule has 1 aromatic rings. The maximum Gasteiger partial charge on any atom is 0.336 e. The first kappa shape index (κ1) is 22.4. The average molecular weight is 375 g/mol. The van der Waals surface area contributed by atoms with Gasteiger partial charge in [-0.2, -0.15) is 0 Å². The van der Waals surface area contributed by atoms with Crippen LogP contribution in [0, 0.1) is 12.5 Å². The molecule has 0 bridgehead atoms. The fraction of sp³-hybridized carbons (Fsp3) is 0.524. The molecule has 1 unspecified atom stereocenters. The molecular weight excluding hydrogens is 346 g/mol. The summed E-state index contributed by atoms with van der Waals surface area (Å²) in [4.78, 5) is 15.6. The topological polar surface area (TPSA) is 58.3 Å². The van der Waals surface area contributed by atoms with Crippen molar-refractivity contribution in [1.82, 2.24) is 0 Å². The molecule has 0 radical (unpaired) electrons. The van der Waals surface area contributed by atoms with Crippen molar-refractivity contribution in [3.63, 3.8) is 0 Å². The summed E-state index contributed by atoms with van der Waals surface area (Å²) < 4.78 is 21.2. The van der Waals surface area contributed by atoms with Crippen LogP contribution >= 0.6 is 0 Å². The van der Waals surface area contributed by atoms with Gasteiger partial charge in [-0.1, -0.05) is 33.1 Å². The van der Waals surface area contributed by atoms with Crippen LogP contribution in [0.25, 0.3) is 10.9 Å². The van der Waals surface area contributed by atoms with Crippen molar-refractivity contribution >= 4 is 12.0 Å². The van der Waals surface area contributed by atoms with Crippen molar-refractivity contribution in [2.24, 2.45) is 5.92 Å². The van der Waals surface area contributed by atoms with Gasteiger partial charge in [-0.15, -0.1) is 0 Å². The van der Waals surface area contributed by atoms with Crippen LogP contribution in [-0.2, 0) is 9.53 Å². The lowest BCUT2D eigenvalue weighted by Gasteiger charge is -2.15. The highest BCUT2D eigenvalue weighted by Crippen LogP contribution is 2.38. The van der Waals surface area contributed by atoms with Crippen molar-refractivity contribution < 1.29 is 23.7 Å². The third-order valence-electron chi connectivity index (χ3n) is 4.31. The second-order valence-corrected chi connectivity index (χ2v) is 6.12. The van der Waals surface area contributed by atoms with Crippen molar-refractivity contribution in [1.29, 1.82) is 0 Å². The first-order chi connectivity index (χ1) is 13.0. The summed E-state index contributed by atoms with van der Waals surface area (Å²) in [6.45, 7) is 11.9. The Labute approximate surface area is 161 Å². The lowest BCUT2D eigenvalue weighted by Crippen LogP contribution is -2.14. The zero-order valence-corrected chi connectivity index (χ0v) is 16.8. The Morgan fingerprint density at radius 3 is 2.22 bits per heavy atom. The summed E-state index contributed by atoms with van der Waals surface area (Å²) in [5.74, 6) is 1.05. The lowest BCUT2D eigenvalue weighted by atomic mass is 10.0. The van der Waals surface area contributed by atoms with Crippen molar-refractivity contribution in [3.8, 4) is 17.2 Å². The number of nitrogens with zero attached hydrogens (tertiary/aromatic N) is 1. The van der Waals surface area contributed by atoms with E-state index in [9.17, 15) is 4.79 Å². The quantitative estimate of drug-likeness (QED) is 0.318. The van der Waals surface area contributed by atoms with E-state index in [-0.39, 0.29) is 5.70 Å². The molecule has 0 amide bonds. The van der Waals surface area contributed by atoms with Crippen molar-refractivity contribution in [3.05, 3.63) is 34.8 Å². The normalized spacial score (nSPS) is 12.1. The molecule has 0 aliphatic rings. The molecule has 0 aromatic heterocycles. The predicted molar refractivity (Wildman–Crippen MR) is 105 cm³/mol. The summed E-state index contributed by atoms with van der Waals surface area (Å²) in [5, 5.41) is 0. The Bertz CT molecular complexity index is 665. The SMILES string of the molecule is [C-]#[N+]/C(=C\c1cc(OC)c(OC)c(OC)c1)C(=O)OCC(CC)CCCC. The lowest BCUT2D eigenvalue weighted by molar-refractivity contribution is -0.140. The third kappa shape index (κ3) is 6.52. The molecule has 27 heavy (non-hydrogen) atoms. The molecule has 6 heteroatoms. The molecule has 0 saturated carbocycles. The number of esters is 1. The van der Waals surface area contributed by atoms with Crippen LogP contribution in [0.15, 0.2) is 17.8 Å². The van der Waals surface area contributed by atoms with Gasteiger partial charge in [-0.3, -0.25) is 4.79 Å². The highest BCUT2D eigenvalue weighted by molar-refractivity contribution is 5.95. The van der Waals surface area contributed by atoms with Gasteiger partial charge in [0.25, 0.3) is 5.70 Å². The minimum Gasteiger partial charge on any atom is -0.493 e. The van der Waals surface area contributed by atoms with Gasteiger partial charge in [0, 0.05) is 0 Å². The third-order valence-corrected chi connectivity index (χ3v) is 4.31. The number of methoxy groups -OCH3 is 3. The number of hydrogen-bond donors (Lipinski definition) is 0. The van der Waals surface area contributed by atoms with Gasteiger partial charge in [0.2, 0.25) is 5.75 Å². The molecule has 0 fully saturated rings. The summed E-state index contributed by atoms with van der Waals surface area (Å²) in [7, 11) is 4.53. The summed E-state index contributed by atoms with van der Waals surface area (Å²) in [6.07, 6.45) is 5.64. The smallest absolute Gasteiger partial charge is 0.336 e. The predicted octanol–water partition coefficient (Wildman–Crippen LogP) is 4.73. The van der Waals surface area contributed by atoms with E-state index < -0.39 is 5.97 Å². The summed E-state index contributed by atoms with van der Waals surface area (Å²) >= 11 is 0. The number of ether oxygens (including phenoxy) is 4. The highest BCUT2D eigenvalue weighted by atomic mass is 16.5. The number of rotatable bonds is 11. The van der Waals surface area contributed by atoms with Crippen LogP contribution in [0.4, 0.5) is 0 Å². The van der Waals surface area contributed by atoms with Gasteiger partial charge in [0.1, 0.15) is 0 Å². The molecule has 1 atom stereocenters. The van der Waals surface area contributed by atoms with Gasteiger partial charge >= 0.3 is 5.97 Å². The largest absolute Gasteiger partial charge is 0.493 e.